The lowest BCUT2D eigenvalue weighted by molar-refractivity contribution is 0.412. The maximum Gasteiger partial charge on any atom is 0.230 e. The molecule has 0 fully saturated rings. The average molecular weight is 430 g/mol. The zero-order valence-electron chi connectivity index (χ0n) is 16.0. The Bertz CT molecular complexity index is 1250. The first-order chi connectivity index (χ1) is 14.3. The van der Waals surface area contributed by atoms with Crippen molar-refractivity contribution in [2.45, 2.75) is 5.75 Å². The van der Waals surface area contributed by atoms with Crippen molar-refractivity contribution in [3.8, 4) is 23.3 Å². The molecule has 0 amide bonds. The Balaban J connectivity index is 1.91. The lowest BCUT2D eigenvalue weighted by atomic mass is 10.2. The maximum absolute atomic E-state index is 14.0. The zero-order valence-corrected chi connectivity index (χ0v) is 16.8. The van der Waals surface area contributed by atoms with Crippen molar-refractivity contribution in [2.24, 2.45) is 4.36 Å². The fourth-order valence-corrected chi connectivity index (χ4v) is 3.72. The molecule has 0 saturated heterocycles. The van der Waals surface area contributed by atoms with E-state index in [4.69, 9.17) is 10.00 Å². The Morgan fingerprint density at radius 2 is 2.00 bits per heavy atom. The molecule has 0 spiro atoms. The number of anilines is 2. The second-order valence-electron chi connectivity index (χ2n) is 6.25. The molecule has 1 N–H and O–H groups in total. The van der Waals surface area contributed by atoms with E-state index in [1.807, 2.05) is 0 Å². The van der Waals surface area contributed by atoms with E-state index in [0.29, 0.717) is 16.8 Å². The molecule has 0 aliphatic heterocycles. The van der Waals surface area contributed by atoms with E-state index >= 15 is 0 Å². The number of aromatic nitrogens is 3. The van der Waals surface area contributed by atoms with Crippen molar-refractivity contribution < 1.29 is 17.7 Å². The number of methoxy groups -OCH3 is 1. The van der Waals surface area contributed by atoms with Crippen LogP contribution in [0.15, 0.2) is 47.1 Å². The van der Waals surface area contributed by atoms with Crippen LogP contribution in [-0.4, -0.2) is 32.5 Å². The molecule has 0 saturated carbocycles. The van der Waals surface area contributed by atoms with Crippen LogP contribution in [-0.2, 0) is 15.5 Å². The normalized spacial score (nSPS) is 12.5. The van der Waals surface area contributed by atoms with Crippen LogP contribution in [0.1, 0.15) is 5.56 Å². The minimum absolute atomic E-state index is 0.0950. The summed E-state index contributed by atoms with van der Waals surface area (Å²) in [4.78, 5) is 12.3. The van der Waals surface area contributed by atoms with Gasteiger partial charge >= 0.3 is 0 Å². The lowest BCUT2D eigenvalue weighted by Crippen LogP contribution is -2.04. The predicted molar refractivity (Wildman–Crippen MR) is 107 cm³/mol. The highest BCUT2D eigenvalue weighted by Gasteiger charge is 2.12. The van der Waals surface area contributed by atoms with Crippen LogP contribution < -0.4 is 10.1 Å². The number of halogens is 2. The van der Waals surface area contributed by atoms with Crippen molar-refractivity contribution in [3.05, 3.63) is 59.9 Å². The summed E-state index contributed by atoms with van der Waals surface area (Å²) in [5.74, 6) is -0.545. The first kappa shape index (κ1) is 21.1. The molecule has 1 aromatic heterocycles. The minimum atomic E-state index is -2.81. The summed E-state index contributed by atoms with van der Waals surface area (Å²) in [6.45, 7) is 0. The molecule has 0 bridgehead atoms. The second-order valence-corrected chi connectivity index (χ2v) is 8.64. The van der Waals surface area contributed by atoms with E-state index in [9.17, 15) is 13.0 Å². The number of ether oxygens (including phenoxy) is 1. The molecule has 11 heteroatoms. The first-order valence-electron chi connectivity index (χ1n) is 8.47. The van der Waals surface area contributed by atoms with Gasteiger partial charge in [-0.05, 0) is 35.9 Å². The number of benzene rings is 2. The Labute approximate surface area is 171 Å². The van der Waals surface area contributed by atoms with Crippen LogP contribution in [0.2, 0.25) is 0 Å². The molecular weight excluding hydrogens is 414 g/mol. The lowest BCUT2D eigenvalue weighted by Gasteiger charge is -2.10. The van der Waals surface area contributed by atoms with Gasteiger partial charge in [0.1, 0.15) is 23.7 Å². The van der Waals surface area contributed by atoms with E-state index in [0.717, 1.165) is 0 Å². The number of hydrogen-bond donors (Lipinski definition) is 1. The molecule has 1 atom stereocenters. The fourth-order valence-electron chi connectivity index (χ4n) is 2.70. The molecule has 8 nitrogen and oxygen atoms in total. The number of nitrogens with zero attached hydrogens (tertiary/aromatic N) is 5. The first-order valence-corrected chi connectivity index (χ1v) is 10.6. The topological polar surface area (TPSA) is 113 Å². The van der Waals surface area contributed by atoms with Gasteiger partial charge in [-0.25, -0.2) is 23.0 Å². The van der Waals surface area contributed by atoms with Gasteiger partial charge in [-0.15, -0.1) is 4.36 Å². The van der Waals surface area contributed by atoms with Crippen LogP contribution in [0.4, 0.5) is 20.4 Å². The molecule has 3 rings (SSSR count). The smallest absolute Gasteiger partial charge is 0.230 e. The van der Waals surface area contributed by atoms with Gasteiger partial charge in [0.25, 0.3) is 0 Å². The van der Waals surface area contributed by atoms with Gasteiger partial charge in [0.2, 0.25) is 12.1 Å². The predicted octanol–water partition coefficient (Wildman–Crippen LogP) is 3.65. The molecule has 30 heavy (non-hydrogen) atoms. The van der Waals surface area contributed by atoms with Crippen molar-refractivity contribution in [1.82, 2.24) is 15.0 Å². The van der Waals surface area contributed by atoms with Gasteiger partial charge in [0.05, 0.1) is 28.2 Å². The highest BCUT2D eigenvalue weighted by molar-refractivity contribution is 7.92. The third kappa shape index (κ3) is 5.24. The molecule has 0 aliphatic rings. The van der Waals surface area contributed by atoms with Gasteiger partial charge in [-0.2, -0.15) is 10.2 Å². The summed E-state index contributed by atoms with van der Waals surface area (Å²) in [5.41, 5.74) is 1.15. The van der Waals surface area contributed by atoms with Gasteiger partial charge in [0.15, 0.2) is 5.82 Å². The van der Waals surface area contributed by atoms with Crippen LogP contribution in [0.3, 0.4) is 0 Å². The fraction of sp³-hybridized carbons (Fsp3) is 0.158. The van der Waals surface area contributed by atoms with Crippen LogP contribution in [0, 0.1) is 23.1 Å². The molecular formula is C19H16F2N6O2S. The molecule has 154 valence electrons. The van der Waals surface area contributed by atoms with Gasteiger partial charge < -0.3 is 10.1 Å². The molecule has 3 aromatic rings. The highest BCUT2D eigenvalue weighted by atomic mass is 32.2. The zero-order chi connectivity index (χ0) is 21.7. The van der Waals surface area contributed by atoms with E-state index in [2.05, 4.69) is 24.6 Å². The second kappa shape index (κ2) is 8.79. The monoisotopic (exact) mass is 430 g/mol. The Morgan fingerprint density at radius 3 is 2.73 bits per heavy atom. The van der Waals surface area contributed by atoms with Gasteiger partial charge in [-0.3, -0.25) is 0 Å². The van der Waals surface area contributed by atoms with Gasteiger partial charge in [-0.1, -0.05) is 0 Å². The Morgan fingerprint density at radius 1 is 1.20 bits per heavy atom. The van der Waals surface area contributed by atoms with Crippen molar-refractivity contribution in [1.29, 1.82) is 5.26 Å². The summed E-state index contributed by atoms with van der Waals surface area (Å²) in [7, 11) is -1.41. The number of nitriles is 1. The van der Waals surface area contributed by atoms with E-state index in [-0.39, 0.29) is 23.3 Å². The summed E-state index contributed by atoms with van der Waals surface area (Å²) in [6.07, 6.45) is 4.08. The highest BCUT2D eigenvalue weighted by Crippen LogP contribution is 2.28. The van der Waals surface area contributed by atoms with Gasteiger partial charge in [0, 0.05) is 18.0 Å². The minimum Gasteiger partial charge on any atom is -0.496 e. The van der Waals surface area contributed by atoms with E-state index < -0.39 is 21.4 Å². The molecule has 1 heterocycles. The Hall–Kier alpha value is -3.65. The SMILES string of the molecule is COc1cc(F)ccc1-c1ncnc(Nc2cc(F)cc(CS(C)(=O)=NC#N)c2)n1. The van der Waals surface area contributed by atoms with Crippen LogP contribution in [0.25, 0.3) is 11.4 Å². The molecule has 2 aromatic carbocycles. The van der Waals surface area contributed by atoms with E-state index in [1.54, 1.807) is 6.07 Å². The maximum atomic E-state index is 14.0. The van der Waals surface area contributed by atoms with Crippen LogP contribution >= 0.6 is 0 Å². The molecule has 0 aliphatic carbocycles. The number of nitrogens with one attached hydrogen (secondary N) is 1. The average Bonchev–Trinajstić information content (AvgIpc) is 2.67. The van der Waals surface area contributed by atoms with E-state index in [1.165, 1.54) is 56.2 Å². The van der Waals surface area contributed by atoms with Crippen molar-refractivity contribution in [2.75, 3.05) is 18.7 Å². The van der Waals surface area contributed by atoms with Crippen LogP contribution in [0.5, 0.6) is 5.75 Å². The molecule has 1 unspecified atom stereocenters. The largest absolute Gasteiger partial charge is 0.496 e. The standard InChI is InChI=1S/C19H16F2N6O2S/c1-29-17-8-13(20)3-4-16(17)18-23-11-24-19(27-18)26-15-6-12(5-14(21)7-15)9-30(2,28)25-10-22/h3-8,11H,9H2,1-2H3,(H,23,24,26,27). The summed E-state index contributed by atoms with van der Waals surface area (Å²) in [6, 6.07) is 7.92. The Kier molecular flexibility index (Phi) is 6.17. The summed E-state index contributed by atoms with van der Waals surface area (Å²) in [5, 5.41) is 11.5. The summed E-state index contributed by atoms with van der Waals surface area (Å²) >= 11 is 0. The van der Waals surface area contributed by atoms with Crippen molar-refractivity contribution in [3.63, 3.8) is 0 Å². The van der Waals surface area contributed by atoms with Crippen molar-refractivity contribution >= 4 is 21.4 Å². The third-order valence-electron chi connectivity index (χ3n) is 3.86. The number of hydrogen-bond acceptors (Lipinski definition) is 8. The molecule has 0 radical (unpaired) electrons. The third-order valence-corrected chi connectivity index (χ3v) is 5.20. The summed E-state index contributed by atoms with van der Waals surface area (Å²) < 4.78 is 48.2. The quantitative estimate of drug-likeness (QED) is 0.594. The number of rotatable bonds is 6.